The van der Waals surface area contributed by atoms with Crippen molar-refractivity contribution in [3.8, 4) is 0 Å². The molecular weight excluding hydrogens is 176 g/mol. The van der Waals surface area contributed by atoms with E-state index in [4.69, 9.17) is 4.74 Å². The molecule has 4 heteroatoms. The predicted molar refractivity (Wildman–Crippen MR) is 44.9 cm³/mol. The van der Waals surface area contributed by atoms with Crippen molar-refractivity contribution in [3.05, 3.63) is 0 Å². The molecule has 2 nitrogen and oxygen atoms in total. The molecule has 76 valence electrons. The summed E-state index contributed by atoms with van der Waals surface area (Å²) in [5.41, 5.74) is -0.292. The van der Waals surface area contributed by atoms with Gasteiger partial charge in [0.15, 0.2) is 0 Å². The van der Waals surface area contributed by atoms with E-state index in [9.17, 15) is 8.78 Å². The summed E-state index contributed by atoms with van der Waals surface area (Å²) in [5, 5.41) is 3.17. The molecule has 1 atom stereocenters. The summed E-state index contributed by atoms with van der Waals surface area (Å²) in [4.78, 5) is 0. The van der Waals surface area contributed by atoms with E-state index < -0.39 is 12.5 Å². The van der Waals surface area contributed by atoms with Crippen LogP contribution in [0.25, 0.3) is 0 Å². The van der Waals surface area contributed by atoms with E-state index in [0.717, 1.165) is 19.4 Å². The van der Waals surface area contributed by atoms with Crippen LogP contribution in [0.15, 0.2) is 0 Å². The lowest BCUT2D eigenvalue weighted by molar-refractivity contribution is -0.170. The van der Waals surface area contributed by atoms with Gasteiger partial charge in [0.2, 0.25) is 0 Å². The number of hydrogen-bond acceptors (Lipinski definition) is 2. The van der Waals surface area contributed by atoms with Crippen LogP contribution in [0.1, 0.15) is 19.3 Å². The Kier molecular flexibility index (Phi) is 2.28. The number of piperidine rings is 1. The average Bonchev–Trinajstić information content (AvgIpc) is 2.03. The van der Waals surface area contributed by atoms with E-state index >= 15 is 0 Å². The minimum absolute atomic E-state index is 0.00694. The van der Waals surface area contributed by atoms with Crippen molar-refractivity contribution < 1.29 is 13.5 Å². The molecule has 2 fully saturated rings. The number of nitrogens with one attached hydrogen (secondary N) is 1. The van der Waals surface area contributed by atoms with Crippen LogP contribution in [0, 0.1) is 5.41 Å². The SMILES string of the molecule is FC1(F)COCC2(CCCNC2)C1. The van der Waals surface area contributed by atoms with Gasteiger partial charge in [-0.15, -0.1) is 0 Å². The number of rotatable bonds is 0. The zero-order valence-corrected chi connectivity index (χ0v) is 7.61. The van der Waals surface area contributed by atoms with Gasteiger partial charge in [-0.3, -0.25) is 0 Å². The van der Waals surface area contributed by atoms with Crippen molar-refractivity contribution >= 4 is 0 Å². The molecule has 1 N–H and O–H groups in total. The molecule has 0 aromatic rings. The number of halogens is 2. The first-order valence-corrected chi connectivity index (χ1v) is 4.78. The van der Waals surface area contributed by atoms with Gasteiger partial charge in [0.25, 0.3) is 5.92 Å². The first kappa shape index (κ1) is 9.34. The summed E-state index contributed by atoms with van der Waals surface area (Å²) in [5.74, 6) is -2.61. The molecule has 2 rings (SSSR count). The molecule has 2 aliphatic rings. The molecule has 2 heterocycles. The van der Waals surface area contributed by atoms with Gasteiger partial charge >= 0.3 is 0 Å². The van der Waals surface area contributed by atoms with Gasteiger partial charge in [-0.1, -0.05) is 0 Å². The Morgan fingerprint density at radius 1 is 1.23 bits per heavy atom. The molecule has 1 spiro atoms. The largest absolute Gasteiger partial charge is 0.375 e. The fourth-order valence-corrected chi connectivity index (χ4v) is 2.37. The van der Waals surface area contributed by atoms with Crippen LogP contribution in [0.3, 0.4) is 0 Å². The second-order valence-electron chi connectivity index (χ2n) is 4.31. The van der Waals surface area contributed by atoms with Crippen molar-refractivity contribution in [3.63, 3.8) is 0 Å². The van der Waals surface area contributed by atoms with Crippen LogP contribution < -0.4 is 5.32 Å². The van der Waals surface area contributed by atoms with Crippen molar-refractivity contribution in [2.45, 2.75) is 25.2 Å². The molecule has 2 aliphatic heterocycles. The molecule has 13 heavy (non-hydrogen) atoms. The summed E-state index contributed by atoms with van der Waals surface area (Å²) in [6, 6.07) is 0. The van der Waals surface area contributed by atoms with Crippen LogP contribution in [0.5, 0.6) is 0 Å². The van der Waals surface area contributed by atoms with E-state index in [-0.39, 0.29) is 11.8 Å². The van der Waals surface area contributed by atoms with E-state index in [1.165, 1.54) is 0 Å². The normalized spacial score (nSPS) is 39.2. The lowest BCUT2D eigenvalue weighted by Gasteiger charge is -2.43. The van der Waals surface area contributed by atoms with Gasteiger partial charge < -0.3 is 10.1 Å². The van der Waals surface area contributed by atoms with Crippen LogP contribution in [-0.2, 0) is 4.74 Å². The molecule has 0 amide bonds. The smallest absolute Gasteiger partial charge is 0.271 e. The standard InChI is InChI=1S/C9H15F2NO/c10-9(11)4-8(6-13-7-9)2-1-3-12-5-8/h12H,1-7H2. The lowest BCUT2D eigenvalue weighted by atomic mass is 9.75. The maximum Gasteiger partial charge on any atom is 0.271 e. The minimum atomic E-state index is -2.61. The highest BCUT2D eigenvalue weighted by Crippen LogP contribution is 2.41. The summed E-state index contributed by atoms with van der Waals surface area (Å²) in [7, 11) is 0. The topological polar surface area (TPSA) is 21.3 Å². The Balaban J connectivity index is 2.04. The molecule has 0 radical (unpaired) electrons. The summed E-state index contributed by atoms with van der Waals surface area (Å²) in [6.45, 7) is 1.74. The van der Waals surface area contributed by atoms with Crippen molar-refractivity contribution in [2.75, 3.05) is 26.3 Å². The van der Waals surface area contributed by atoms with E-state index in [0.29, 0.717) is 13.2 Å². The summed E-state index contributed by atoms with van der Waals surface area (Å²) >= 11 is 0. The fraction of sp³-hybridized carbons (Fsp3) is 1.00. The monoisotopic (exact) mass is 191 g/mol. The van der Waals surface area contributed by atoms with E-state index in [1.807, 2.05) is 0 Å². The van der Waals surface area contributed by atoms with Gasteiger partial charge in [-0.25, -0.2) is 8.78 Å². The quantitative estimate of drug-likeness (QED) is 0.625. The van der Waals surface area contributed by atoms with Crippen LogP contribution in [0.4, 0.5) is 8.78 Å². The van der Waals surface area contributed by atoms with E-state index in [1.54, 1.807) is 0 Å². The van der Waals surface area contributed by atoms with Crippen molar-refractivity contribution in [1.82, 2.24) is 5.32 Å². The third-order valence-corrected chi connectivity index (χ3v) is 2.92. The van der Waals surface area contributed by atoms with Crippen molar-refractivity contribution in [2.24, 2.45) is 5.41 Å². The van der Waals surface area contributed by atoms with Crippen LogP contribution in [0.2, 0.25) is 0 Å². The lowest BCUT2D eigenvalue weighted by Crippen LogP contribution is -2.51. The second-order valence-corrected chi connectivity index (χ2v) is 4.31. The number of alkyl halides is 2. The van der Waals surface area contributed by atoms with Gasteiger partial charge in [0, 0.05) is 18.4 Å². The zero-order chi connectivity index (χ0) is 9.36. The first-order chi connectivity index (χ1) is 6.12. The van der Waals surface area contributed by atoms with Crippen molar-refractivity contribution in [1.29, 1.82) is 0 Å². The Morgan fingerprint density at radius 3 is 2.69 bits per heavy atom. The van der Waals surface area contributed by atoms with Crippen LogP contribution >= 0.6 is 0 Å². The predicted octanol–water partition coefficient (Wildman–Crippen LogP) is 1.41. The third-order valence-electron chi connectivity index (χ3n) is 2.92. The van der Waals surface area contributed by atoms with Crippen LogP contribution in [-0.4, -0.2) is 32.2 Å². The Bertz CT molecular complexity index is 185. The van der Waals surface area contributed by atoms with Gasteiger partial charge in [0.1, 0.15) is 6.61 Å². The Labute approximate surface area is 76.6 Å². The molecule has 0 bridgehead atoms. The van der Waals surface area contributed by atoms with Gasteiger partial charge in [-0.2, -0.15) is 0 Å². The molecule has 1 unspecified atom stereocenters. The first-order valence-electron chi connectivity index (χ1n) is 4.78. The highest BCUT2D eigenvalue weighted by Gasteiger charge is 2.46. The highest BCUT2D eigenvalue weighted by molar-refractivity contribution is 4.92. The fourth-order valence-electron chi connectivity index (χ4n) is 2.37. The van der Waals surface area contributed by atoms with Gasteiger partial charge in [0.05, 0.1) is 6.61 Å². The third kappa shape index (κ3) is 1.99. The Hall–Kier alpha value is -0.220. The zero-order valence-electron chi connectivity index (χ0n) is 7.61. The minimum Gasteiger partial charge on any atom is -0.375 e. The number of ether oxygens (including phenoxy) is 1. The highest BCUT2D eigenvalue weighted by atomic mass is 19.3. The molecule has 0 aliphatic carbocycles. The average molecular weight is 191 g/mol. The Morgan fingerprint density at radius 2 is 2.08 bits per heavy atom. The molecule has 0 aromatic heterocycles. The maximum atomic E-state index is 13.1. The second kappa shape index (κ2) is 3.17. The number of hydrogen-bond donors (Lipinski definition) is 1. The summed E-state index contributed by atoms with van der Waals surface area (Å²) < 4.78 is 31.2. The van der Waals surface area contributed by atoms with E-state index in [2.05, 4.69) is 5.32 Å². The molecular formula is C9H15F2NO. The molecule has 0 saturated carbocycles. The maximum absolute atomic E-state index is 13.1. The molecule has 2 saturated heterocycles. The van der Waals surface area contributed by atoms with Gasteiger partial charge in [-0.05, 0) is 19.4 Å². The summed E-state index contributed by atoms with van der Waals surface area (Å²) in [6.07, 6.45) is 1.85. The molecule has 0 aromatic carbocycles.